The van der Waals surface area contributed by atoms with Gasteiger partial charge in [0.1, 0.15) is 0 Å². The Bertz CT molecular complexity index is 155. The van der Waals surface area contributed by atoms with Gasteiger partial charge in [-0.3, -0.25) is 0 Å². The van der Waals surface area contributed by atoms with Crippen LogP contribution in [0.4, 0.5) is 0 Å². The van der Waals surface area contributed by atoms with Gasteiger partial charge in [0.15, 0.2) is 0 Å². The highest BCUT2D eigenvalue weighted by atomic mass is 35.5. The van der Waals surface area contributed by atoms with Crippen LogP contribution in [0.25, 0.3) is 0 Å². The molecule has 0 radical (unpaired) electrons. The van der Waals surface area contributed by atoms with Crippen molar-refractivity contribution >= 4 is 11.6 Å². The zero-order valence-electron chi connectivity index (χ0n) is 9.80. The Kier molecular flexibility index (Phi) is 7.41. The highest BCUT2D eigenvalue weighted by Gasteiger charge is 2.25. The predicted molar refractivity (Wildman–Crippen MR) is 65.5 cm³/mol. The summed E-state index contributed by atoms with van der Waals surface area (Å²) in [5.41, 5.74) is 0. The highest BCUT2D eigenvalue weighted by molar-refractivity contribution is 6.18. The van der Waals surface area contributed by atoms with Crippen LogP contribution in [0.5, 0.6) is 0 Å². The Morgan fingerprint density at radius 2 is 2.07 bits per heavy atom. The molecule has 0 aromatic carbocycles. The average molecular weight is 234 g/mol. The Labute approximate surface area is 98.7 Å². The molecule has 0 saturated heterocycles. The lowest BCUT2D eigenvalue weighted by Gasteiger charge is -2.17. The topological polar surface area (TPSA) is 21.3 Å². The van der Waals surface area contributed by atoms with E-state index in [1.165, 1.54) is 25.7 Å². The Balaban J connectivity index is 1.95. The van der Waals surface area contributed by atoms with E-state index in [9.17, 15) is 0 Å². The largest absolute Gasteiger partial charge is 0.385 e. The zero-order valence-corrected chi connectivity index (χ0v) is 10.6. The summed E-state index contributed by atoms with van der Waals surface area (Å²) >= 11 is 5.94. The van der Waals surface area contributed by atoms with E-state index in [0.29, 0.717) is 0 Å². The first-order chi connectivity index (χ1) is 7.38. The minimum atomic E-state index is 0.762. The van der Waals surface area contributed by atoms with Crippen molar-refractivity contribution in [1.29, 1.82) is 0 Å². The van der Waals surface area contributed by atoms with E-state index >= 15 is 0 Å². The van der Waals surface area contributed by atoms with Crippen LogP contribution in [-0.2, 0) is 4.74 Å². The number of ether oxygens (including phenoxy) is 1. The van der Waals surface area contributed by atoms with Crippen molar-refractivity contribution in [1.82, 2.24) is 5.32 Å². The van der Waals surface area contributed by atoms with E-state index in [-0.39, 0.29) is 0 Å². The summed E-state index contributed by atoms with van der Waals surface area (Å²) in [6, 6.07) is 0. The van der Waals surface area contributed by atoms with E-state index in [4.69, 9.17) is 16.3 Å². The molecule has 1 rings (SSSR count). The van der Waals surface area contributed by atoms with Gasteiger partial charge in [-0.15, -0.1) is 11.6 Å². The minimum Gasteiger partial charge on any atom is -0.385 e. The number of hydrogen-bond donors (Lipinski definition) is 1. The summed E-state index contributed by atoms with van der Waals surface area (Å²) in [6.07, 6.45) is 6.44. The first kappa shape index (κ1) is 13.3. The molecule has 0 bridgehead atoms. The molecule has 90 valence electrons. The number of rotatable bonds is 8. The Morgan fingerprint density at radius 1 is 1.27 bits per heavy atom. The molecule has 2 nitrogen and oxygen atoms in total. The summed E-state index contributed by atoms with van der Waals surface area (Å²) in [7, 11) is 1.76. The number of methoxy groups -OCH3 is 1. The highest BCUT2D eigenvalue weighted by Crippen LogP contribution is 2.31. The van der Waals surface area contributed by atoms with E-state index in [1.54, 1.807) is 7.11 Å². The van der Waals surface area contributed by atoms with E-state index < -0.39 is 0 Å². The maximum atomic E-state index is 5.94. The molecule has 1 fully saturated rings. The quantitative estimate of drug-likeness (QED) is 0.514. The molecule has 0 aromatic heterocycles. The lowest BCUT2D eigenvalue weighted by molar-refractivity contribution is 0.192. The normalized spacial score (nSPS) is 26.0. The van der Waals surface area contributed by atoms with Gasteiger partial charge in [0.05, 0.1) is 0 Å². The van der Waals surface area contributed by atoms with Crippen LogP contribution in [0.2, 0.25) is 0 Å². The average Bonchev–Trinajstić information content (AvgIpc) is 2.70. The summed E-state index contributed by atoms with van der Waals surface area (Å²) in [6.45, 7) is 3.16. The van der Waals surface area contributed by atoms with Crippen LogP contribution in [0.1, 0.15) is 32.1 Å². The van der Waals surface area contributed by atoms with Crippen molar-refractivity contribution in [2.75, 3.05) is 32.7 Å². The van der Waals surface area contributed by atoms with Gasteiger partial charge < -0.3 is 10.1 Å². The molecule has 3 heteroatoms. The fraction of sp³-hybridized carbons (Fsp3) is 1.00. The third-order valence-electron chi connectivity index (χ3n) is 3.37. The van der Waals surface area contributed by atoms with E-state index in [1.807, 2.05) is 0 Å². The zero-order chi connectivity index (χ0) is 10.9. The second-order valence-corrected chi connectivity index (χ2v) is 4.82. The molecular formula is C12H24ClNO. The maximum Gasteiger partial charge on any atom is 0.0462 e. The van der Waals surface area contributed by atoms with Crippen molar-refractivity contribution in [2.45, 2.75) is 32.1 Å². The number of hydrogen-bond acceptors (Lipinski definition) is 2. The molecule has 2 unspecified atom stereocenters. The van der Waals surface area contributed by atoms with Gasteiger partial charge in [-0.2, -0.15) is 0 Å². The predicted octanol–water partition coefficient (Wildman–Crippen LogP) is 2.66. The molecule has 15 heavy (non-hydrogen) atoms. The van der Waals surface area contributed by atoms with Gasteiger partial charge in [0.25, 0.3) is 0 Å². The molecule has 1 aliphatic carbocycles. The van der Waals surface area contributed by atoms with Crippen LogP contribution >= 0.6 is 11.6 Å². The Hall–Kier alpha value is 0.210. The third-order valence-corrected chi connectivity index (χ3v) is 3.77. The van der Waals surface area contributed by atoms with Crippen molar-refractivity contribution < 1.29 is 4.74 Å². The number of nitrogens with one attached hydrogen (secondary N) is 1. The molecule has 0 heterocycles. The second kappa shape index (κ2) is 8.37. The van der Waals surface area contributed by atoms with Gasteiger partial charge >= 0.3 is 0 Å². The van der Waals surface area contributed by atoms with Crippen LogP contribution in [-0.4, -0.2) is 32.7 Å². The second-order valence-electron chi connectivity index (χ2n) is 4.51. The summed E-state index contributed by atoms with van der Waals surface area (Å²) in [5.74, 6) is 2.43. The van der Waals surface area contributed by atoms with Gasteiger partial charge in [-0.25, -0.2) is 0 Å². The first-order valence-electron chi connectivity index (χ1n) is 6.14. The summed E-state index contributed by atoms with van der Waals surface area (Å²) in [4.78, 5) is 0. The van der Waals surface area contributed by atoms with Crippen LogP contribution in [0.3, 0.4) is 0 Å². The fourth-order valence-corrected chi connectivity index (χ4v) is 2.78. The fourth-order valence-electron chi connectivity index (χ4n) is 2.37. The molecule has 1 aliphatic rings. The van der Waals surface area contributed by atoms with Crippen LogP contribution in [0.15, 0.2) is 0 Å². The minimum absolute atomic E-state index is 0.762. The smallest absolute Gasteiger partial charge is 0.0462 e. The molecule has 1 N–H and O–H groups in total. The number of alkyl halides is 1. The van der Waals surface area contributed by atoms with Crippen molar-refractivity contribution in [3.8, 4) is 0 Å². The standard InChI is InChI=1S/C12H24ClNO/c1-15-8-3-2-7-14-10-12-6-4-5-11(12)9-13/h11-12,14H,2-10H2,1H3. The lowest BCUT2D eigenvalue weighted by Crippen LogP contribution is -2.26. The third kappa shape index (κ3) is 5.19. The first-order valence-corrected chi connectivity index (χ1v) is 6.67. The molecule has 0 spiro atoms. The SMILES string of the molecule is COCCCCNCC1CCCC1CCl. The Morgan fingerprint density at radius 3 is 2.80 bits per heavy atom. The molecule has 2 atom stereocenters. The molecular weight excluding hydrogens is 210 g/mol. The van der Waals surface area contributed by atoms with Crippen molar-refractivity contribution in [2.24, 2.45) is 11.8 Å². The van der Waals surface area contributed by atoms with Gasteiger partial charge in [-0.05, 0) is 50.6 Å². The van der Waals surface area contributed by atoms with Crippen molar-refractivity contribution in [3.05, 3.63) is 0 Å². The van der Waals surface area contributed by atoms with E-state index in [2.05, 4.69) is 5.32 Å². The monoisotopic (exact) mass is 233 g/mol. The lowest BCUT2D eigenvalue weighted by atomic mass is 9.98. The molecule has 0 aromatic rings. The van der Waals surface area contributed by atoms with Gasteiger partial charge in [0.2, 0.25) is 0 Å². The van der Waals surface area contributed by atoms with Crippen molar-refractivity contribution in [3.63, 3.8) is 0 Å². The van der Waals surface area contributed by atoms with Gasteiger partial charge in [-0.1, -0.05) is 6.42 Å². The maximum absolute atomic E-state index is 5.94. The van der Waals surface area contributed by atoms with E-state index in [0.717, 1.165) is 43.8 Å². The molecule has 1 saturated carbocycles. The molecule has 0 aliphatic heterocycles. The summed E-state index contributed by atoms with van der Waals surface area (Å²) in [5, 5.41) is 3.54. The summed E-state index contributed by atoms with van der Waals surface area (Å²) < 4.78 is 5.01. The van der Waals surface area contributed by atoms with Crippen LogP contribution < -0.4 is 5.32 Å². The van der Waals surface area contributed by atoms with Crippen LogP contribution in [0, 0.1) is 11.8 Å². The number of halogens is 1. The molecule has 0 amide bonds. The van der Waals surface area contributed by atoms with Gasteiger partial charge in [0, 0.05) is 19.6 Å². The number of unbranched alkanes of at least 4 members (excludes halogenated alkanes) is 1.